The highest BCUT2D eigenvalue weighted by Crippen LogP contribution is 2.47. The van der Waals surface area contributed by atoms with Gasteiger partial charge in [-0.15, -0.1) is 0 Å². The first kappa shape index (κ1) is 13.6. The molecule has 1 aromatic rings. The fraction of sp³-hybridized carbons (Fsp3) is 0.400. The van der Waals surface area contributed by atoms with Crippen molar-refractivity contribution in [1.29, 1.82) is 0 Å². The lowest BCUT2D eigenvalue weighted by Gasteiger charge is -2.28. The number of hydrogen-bond donors (Lipinski definition) is 0. The normalized spacial score (nSPS) is 25.7. The maximum Gasteiger partial charge on any atom is 0.333 e. The predicted molar refractivity (Wildman–Crippen MR) is 74.1 cm³/mol. The van der Waals surface area contributed by atoms with Crippen molar-refractivity contribution < 1.29 is 18.8 Å². The number of urea groups is 1. The third-order valence-corrected chi connectivity index (χ3v) is 4.05. The number of furan rings is 1. The van der Waals surface area contributed by atoms with Crippen LogP contribution in [-0.4, -0.2) is 41.7 Å². The van der Waals surface area contributed by atoms with Gasteiger partial charge in [-0.1, -0.05) is 6.92 Å². The van der Waals surface area contributed by atoms with Gasteiger partial charge in [0.15, 0.2) is 0 Å². The molecule has 2 atom stereocenters. The van der Waals surface area contributed by atoms with E-state index in [2.05, 4.69) is 6.92 Å². The van der Waals surface area contributed by atoms with Crippen molar-refractivity contribution >= 4 is 23.9 Å². The van der Waals surface area contributed by atoms with Gasteiger partial charge in [0.2, 0.25) is 0 Å². The van der Waals surface area contributed by atoms with E-state index in [1.807, 2.05) is 6.07 Å². The molecule has 4 amide bonds. The molecule has 2 unspecified atom stereocenters. The van der Waals surface area contributed by atoms with Gasteiger partial charge in [-0.3, -0.25) is 19.4 Å². The molecule has 1 saturated carbocycles. The van der Waals surface area contributed by atoms with Crippen LogP contribution in [0.1, 0.15) is 30.8 Å². The van der Waals surface area contributed by atoms with Crippen molar-refractivity contribution in [2.24, 2.45) is 5.92 Å². The van der Waals surface area contributed by atoms with Crippen LogP contribution in [0.15, 0.2) is 22.1 Å². The number of hydrogen-bond acceptors (Lipinski definition) is 4. The summed E-state index contributed by atoms with van der Waals surface area (Å²) in [5.74, 6) is 1.16. The summed E-state index contributed by atoms with van der Waals surface area (Å²) in [7, 11) is 2.70. The van der Waals surface area contributed by atoms with E-state index in [0.29, 0.717) is 17.6 Å². The zero-order valence-corrected chi connectivity index (χ0v) is 12.1. The van der Waals surface area contributed by atoms with Gasteiger partial charge in [-0.05, 0) is 30.5 Å². The minimum Gasteiger partial charge on any atom is -0.461 e. The Kier molecular flexibility index (Phi) is 2.97. The maximum absolute atomic E-state index is 12.0. The van der Waals surface area contributed by atoms with Gasteiger partial charge in [0.25, 0.3) is 11.8 Å². The number of rotatable bonds is 2. The average Bonchev–Trinajstić information content (AvgIpc) is 3.01. The average molecular weight is 288 g/mol. The van der Waals surface area contributed by atoms with Crippen molar-refractivity contribution in [3.8, 4) is 0 Å². The Balaban J connectivity index is 1.90. The Morgan fingerprint density at radius 3 is 2.24 bits per heavy atom. The van der Waals surface area contributed by atoms with Gasteiger partial charge in [-0.2, -0.15) is 0 Å². The minimum absolute atomic E-state index is 0.0654. The summed E-state index contributed by atoms with van der Waals surface area (Å²) >= 11 is 0. The Labute approximate surface area is 122 Å². The van der Waals surface area contributed by atoms with Crippen molar-refractivity contribution in [3.63, 3.8) is 0 Å². The predicted octanol–water partition coefficient (Wildman–Crippen LogP) is 1.84. The third-order valence-electron chi connectivity index (χ3n) is 4.05. The van der Waals surface area contributed by atoms with Crippen LogP contribution in [0.25, 0.3) is 6.08 Å². The SMILES string of the molecule is CC1CC1c1ccc(C=C2C(=O)N(C)C(=O)N(C)C2=O)o1. The van der Waals surface area contributed by atoms with Gasteiger partial charge in [0, 0.05) is 20.0 Å². The van der Waals surface area contributed by atoms with Crippen LogP contribution < -0.4 is 0 Å². The number of likely N-dealkylation sites (N-methyl/N-ethyl adjacent to an activating group) is 2. The highest BCUT2D eigenvalue weighted by Gasteiger charge is 2.39. The van der Waals surface area contributed by atoms with Crippen LogP contribution in [0, 0.1) is 5.92 Å². The molecule has 1 aromatic heterocycles. The number of barbiturate groups is 1. The summed E-state index contributed by atoms with van der Waals surface area (Å²) in [5, 5.41) is 0. The first-order valence-electron chi connectivity index (χ1n) is 6.81. The molecule has 3 rings (SSSR count). The molecule has 110 valence electrons. The zero-order valence-electron chi connectivity index (χ0n) is 12.1. The lowest BCUT2D eigenvalue weighted by Crippen LogP contribution is -2.52. The second-order valence-corrected chi connectivity index (χ2v) is 5.63. The summed E-state index contributed by atoms with van der Waals surface area (Å²) in [6.45, 7) is 2.15. The van der Waals surface area contributed by atoms with E-state index in [9.17, 15) is 14.4 Å². The second kappa shape index (κ2) is 4.58. The summed E-state index contributed by atoms with van der Waals surface area (Å²) in [6, 6.07) is 2.98. The van der Waals surface area contributed by atoms with Gasteiger partial charge in [-0.25, -0.2) is 4.79 Å². The van der Waals surface area contributed by atoms with E-state index in [1.165, 1.54) is 20.2 Å². The molecule has 1 aliphatic heterocycles. The Morgan fingerprint density at radius 1 is 1.14 bits per heavy atom. The quantitative estimate of drug-likeness (QED) is 0.615. The van der Waals surface area contributed by atoms with Gasteiger partial charge in [0.05, 0.1) is 0 Å². The standard InChI is InChI=1S/C15H16N2O4/c1-8-6-10(8)12-5-4-9(21-12)7-11-13(18)16(2)15(20)17(3)14(11)19/h4-5,7-8,10H,6H2,1-3H3. The third kappa shape index (κ3) is 2.16. The van der Waals surface area contributed by atoms with Crippen LogP contribution in [0.4, 0.5) is 4.79 Å². The molecule has 0 N–H and O–H groups in total. The number of amides is 4. The lowest BCUT2D eigenvalue weighted by atomic mass is 10.1. The number of carbonyl (C=O) groups is 3. The molecule has 0 spiro atoms. The maximum atomic E-state index is 12.0. The van der Waals surface area contributed by atoms with E-state index in [1.54, 1.807) is 6.07 Å². The Morgan fingerprint density at radius 2 is 1.71 bits per heavy atom. The Hall–Kier alpha value is -2.37. The Bertz CT molecular complexity index is 647. The smallest absolute Gasteiger partial charge is 0.333 e. The van der Waals surface area contributed by atoms with Gasteiger partial charge in [0.1, 0.15) is 17.1 Å². The molecule has 2 aliphatic rings. The molecule has 1 saturated heterocycles. The summed E-state index contributed by atoms with van der Waals surface area (Å²) in [4.78, 5) is 37.6. The van der Waals surface area contributed by atoms with E-state index in [4.69, 9.17) is 4.42 Å². The van der Waals surface area contributed by atoms with Crippen LogP contribution in [-0.2, 0) is 9.59 Å². The van der Waals surface area contributed by atoms with Crippen LogP contribution >= 0.6 is 0 Å². The van der Waals surface area contributed by atoms with E-state index in [-0.39, 0.29) is 5.57 Å². The molecular weight excluding hydrogens is 272 g/mol. The molecule has 2 heterocycles. The molecule has 0 aromatic carbocycles. The summed E-state index contributed by atoms with van der Waals surface area (Å²) < 4.78 is 5.67. The molecule has 21 heavy (non-hydrogen) atoms. The molecule has 0 radical (unpaired) electrons. The van der Waals surface area contributed by atoms with E-state index in [0.717, 1.165) is 22.0 Å². The fourth-order valence-electron chi connectivity index (χ4n) is 2.48. The van der Waals surface area contributed by atoms with Crippen molar-refractivity contribution in [1.82, 2.24) is 9.80 Å². The number of nitrogens with zero attached hydrogens (tertiary/aromatic N) is 2. The van der Waals surface area contributed by atoms with Crippen molar-refractivity contribution in [2.75, 3.05) is 14.1 Å². The van der Waals surface area contributed by atoms with Crippen LogP contribution in [0.2, 0.25) is 0 Å². The monoisotopic (exact) mass is 288 g/mol. The molecule has 2 fully saturated rings. The van der Waals surface area contributed by atoms with Crippen molar-refractivity contribution in [3.05, 3.63) is 29.2 Å². The minimum atomic E-state index is -0.630. The lowest BCUT2D eigenvalue weighted by molar-refractivity contribution is -0.134. The molecule has 6 heteroatoms. The largest absolute Gasteiger partial charge is 0.461 e. The molecule has 1 aliphatic carbocycles. The van der Waals surface area contributed by atoms with E-state index < -0.39 is 17.8 Å². The first-order chi connectivity index (χ1) is 9.90. The van der Waals surface area contributed by atoms with Crippen LogP contribution in [0.5, 0.6) is 0 Å². The summed E-state index contributed by atoms with van der Waals surface area (Å²) in [6.07, 6.45) is 2.50. The highest BCUT2D eigenvalue weighted by molar-refractivity contribution is 6.30. The molecule has 0 bridgehead atoms. The van der Waals surface area contributed by atoms with Gasteiger partial charge >= 0.3 is 6.03 Å². The first-order valence-corrected chi connectivity index (χ1v) is 6.81. The number of carbonyl (C=O) groups excluding carboxylic acids is 3. The van der Waals surface area contributed by atoms with Crippen molar-refractivity contribution in [2.45, 2.75) is 19.3 Å². The number of imide groups is 2. The summed E-state index contributed by atoms with van der Waals surface area (Å²) in [5.41, 5.74) is -0.0654. The highest BCUT2D eigenvalue weighted by atomic mass is 16.3. The van der Waals surface area contributed by atoms with E-state index >= 15 is 0 Å². The topological polar surface area (TPSA) is 70.8 Å². The van der Waals surface area contributed by atoms with Crippen LogP contribution in [0.3, 0.4) is 0 Å². The second-order valence-electron chi connectivity index (χ2n) is 5.63. The fourth-order valence-corrected chi connectivity index (χ4v) is 2.48. The van der Waals surface area contributed by atoms with Gasteiger partial charge < -0.3 is 4.42 Å². The molecule has 6 nitrogen and oxygen atoms in total. The molecular formula is C15H16N2O4. The zero-order chi connectivity index (χ0) is 15.3.